The number of aliphatic carboxylic acids is 1. The van der Waals surface area contributed by atoms with E-state index >= 15 is 0 Å². The van der Waals surface area contributed by atoms with Crippen molar-refractivity contribution in [2.24, 2.45) is 0 Å². The molecule has 0 unspecified atom stereocenters. The first-order valence-electron chi connectivity index (χ1n) is 4.89. The number of rotatable bonds is 5. The van der Waals surface area contributed by atoms with E-state index in [1.54, 1.807) is 13.8 Å². The summed E-state index contributed by atoms with van der Waals surface area (Å²) in [6.07, 6.45) is -5.33. The molecule has 3 nitrogen and oxygen atoms in total. The molecule has 11 heteroatoms. The van der Waals surface area contributed by atoms with Crippen LogP contribution < -0.4 is 0 Å². The van der Waals surface area contributed by atoms with Crippen molar-refractivity contribution in [1.29, 1.82) is 0 Å². The molecule has 0 fully saturated rings. The summed E-state index contributed by atoms with van der Waals surface area (Å²) in [6.45, 7) is 2.37. The molecular formula is C10H14F6O3Rf2-2. The molecule has 0 aliphatic rings. The second kappa shape index (κ2) is 19.1. The van der Waals surface area contributed by atoms with Gasteiger partial charge in [0.1, 0.15) is 6.08 Å². The fourth-order valence-electron chi connectivity index (χ4n) is 0.270. The molecule has 0 heterocycles. The molecule has 0 bridgehead atoms. The third-order valence-electron chi connectivity index (χ3n) is 1.000. The van der Waals surface area contributed by atoms with Crippen LogP contribution in [0.3, 0.4) is 0 Å². The molecule has 0 spiro atoms. The Labute approximate surface area is 106 Å². The van der Waals surface area contributed by atoms with E-state index in [4.69, 9.17) is 5.11 Å². The van der Waals surface area contributed by atoms with Gasteiger partial charge in [-0.3, -0.25) is 4.79 Å². The second-order valence-electron chi connectivity index (χ2n) is 2.62. The van der Waals surface area contributed by atoms with Crippen LogP contribution >= 0.6 is 0 Å². The summed E-state index contributed by atoms with van der Waals surface area (Å²) in [5.41, 5.74) is 0. The monoisotopic (exact) mass is 830 g/mol. The molecular weight excluding hydrogens is 816 g/mol. The van der Waals surface area contributed by atoms with Crippen LogP contribution in [-0.4, -0.2) is 23.8 Å². The molecule has 120 valence electrons. The van der Waals surface area contributed by atoms with Crippen molar-refractivity contribution < 1.29 is 41.0 Å². The number of alkyl halides is 2. The second-order valence-corrected chi connectivity index (χ2v) is 2.62. The van der Waals surface area contributed by atoms with Crippen LogP contribution in [-0.2, 0) is 9.53 Å². The summed E-state index contributed by atoms with van der Waals surface area (Å²) in [5, 5.41) is 7.72. The Morgan fingerprint density at radius 3 is 1.76 bits per heavy atom. The summed E-state index contributed by atoms with van der Waals surface area (Å²) in [7, 11) is 0. The van der Waals surface area contributed by atoms with Gasteiger partial charge >= 0.3 is 5.97 Å². The van der Waals surface area contributed by atoms with Crippen LogP contribution in [0.4, 0.5) is 26.3 Å². The Bertz CT molecular complexity index is 251. The molecule has 0 saturated heterocycles. The first kappa shape index (κ1) is 30.6. The minimum absolute atomic E-state index is 0. The summed E-state index contributed by atoms with van der Waals surface area (Å²) >= 11 is 0. The minimum Gasteiger partial charge on any atom is -0.481 e. The zero-order valence-electron chi connectivity index (χ0n) is 11.6. The van der Waals surface area contributed by atoms with Gasteiger partial charge in [0, 0.05) is 6.42 Å². The summed E-state index contributed by atoms with van der Waals surface area (Å²) < 4.78 is 68.7. The van der Waals surface area contributed by atoms with Crippen LogP contribution in [0.1, 0.15) is 26.7 Å². The van der Waals surface area contributed by atoms with Crippen LogP contribution in [0.15, 0.2) is 6.08 Å². The van der Waals surface area contributed by atoms with E-state index in [1.807, 2.05) is 0 Å². The largest absolute Gasteiger partial charge is 0.481 e. The van der Waals surface area contributed by atoms with Crippen molar-refractivity contribution in [3.05, 3.63) is 19.1 Å². The number of carboxylic acid groups (broad SMARTS) is 1. The van der Waals surface area contributed by atoms with Crippen molar-refractivity contribution in [1.82, 2.24) is 0 Å². The quantitative estimate of drug-likeness (QED) is 0.336. The van der Waals surface area contributed by atoms with Gasteiger partial charge in [-0.15, -0.1) is 0 Å². The summed E-state index contributed by atoms with van der Waals surface area (Å²) in [6, 6.07) is 0. The van der Waals surface area contributed by atoms with E-state index in [2.05, 4.69) is 4.74 Å². The van der Waals surface area contributed by atoms with E-state index in [1.165, 1.54) is 0 Å². The molecule has 0 rings (SSSR count). The van der Waals surface area contributed by atoms with Gasteiger partial charge in [-0.1, -0.05) is 20.5 Å². The molecule has 21 heavy (non-hydrogen) atoms. The average Bonchev–Trinajstić information content (AvgIpc) is 2.37. The van der Waals surface area contributed by atoms with Gasteiger partial charge in [0.15, 0.2) is 0 Å². The van der Waals surface area contributed by atoms with Gasteiger partial charge in [-0.25, -0.2) is 23.9 Å². The van der Waals surface area contributed by atoms with Crippen LogP contribution in [0.2, 0.25) is 0 Å². The van der Waals surface area contributed by atoms with Crippen LogP contribution in [0, 0.1) is 13.0 Å². The standard InChI is InChI=1S/C5H8F3O.C3H6O2.C2F3.2Rf/c1-2-3-9-5(7,8)4-6;1-2-3(4)5;3-1-2(4)5;;/h4H,2-3H2,1H3;2H2,1H3,(H,4,5);;;/q-1;;-1;;. The van der Waals surface area contributed by atoms with Crippen molar-refractivity contribution in [2.45, 2.75) is 32.8 Å². The normalized spacial score (nSPS) is 8.57. The maximum absolute atomic E-state index is 11.7. The third kappa shape index (κ3) is 47.6. The molecule has 0 amide bonds. The zero-order chi connectivity index (χ0) is 15.9. The van der Waals surface area contributed by atoms with Gasteiger partial charge in [0.05, 0.1) is 6.61 Å². The number of hydrogen-bond donors (Lipinski definition) is 1. The Kier molecular flexibility index (Phi) is 27.9. The molecule has 0 aliphatic heterocycles. The Balaban J connectivity index is -0.0000000622. The number of carbonyl (C=O) groups is 1. The molecule has 0 saturated carbocycles. The smallest absolute Gasteiger partial charge is 0.303 e. The third-order valence-corrected chi connectivity index (χ3v) is 1.000. The maximum Gasteiger partial charge on any atom is 0.303 e. The van der Waals surface area contributed by atoms with Crippen molar-refractivity contribution in [2.75, 3.05) is 6.61 Å². The number of hydrogen-bond acceptors (Lipinski definition) is 2. The van der Waals surface area contributed by atoms with Crippen molar-refractivity contribution in [3.63, 3.8) is 0 Å². The van der Waals surface area contributed by atoms with Crippen LogP contribution in [0.25, 0.3) is 0 Å². The van der Waals surface area contributed by atoms with Crippen LogP contribution in [0.5, 0.6) is 0 Å². The minimum atomic E-state index is -3.70. The molecule has 0 aliphatic carbocycles. The summed E-state index contributed by atoms with van der Waals surface area (Å²) in [4.78, 5) is 9.37. The van der Waals surface area contributed by atoms with Crippen molar-refractivity contribution >= 4 is 5.97 Å². The van der Waals surface area contributed by atoms with Gasteiger partial charge in [0.2, 0.25) is 0 Å². The maximum atomic E-state index is 11.7. The first-order valence-corrected chi connectivity index (χ1v) is 4.89. The molecule has 0 aromatic carbocycles. The molecule has 0 aromatic rings. The number of ether oxygens (including phenoxy) is 1. The molecule has 0 atom stereocenters. The van der Waals surface area contributed by atoms with Gasteiger partial charge in [-0.2, -0.15) is 0 Å². The Morgan fingerprint density at radius 2 is 1.62 bits per heavy atom. The Hall–Kier alpha value is -3.25. The first-order chi connectivity index (χ1) is 8.66. The van der Waals surface area contributed by atoms with Gasteiger partial charge in [0.25, 0.3) is 6.11 Å². The fraction of sp³-hybridized carbons (Fsp3) is 0.600. The van der Waals surface area contributed by atoms with E-state index < -0.39 is 24.8 Å². The molecule has 0 radical (unpaired) electrons. The van der Waals surface area contributed by atoms with E-state index in [0.29, 0.717) is 6.42 Å². The number of carboxylic acids is 1. The average molecular weight is 830 g/mol. The fourth-order valence-corrected chi connectivity index (χ4v) is 0.270. The van der Waals surface area contributed by atoms with Gasteiger partial charge < -0.3 is 18.6 Å². The predicted octanol–water partition coefficient (Wildman–Crippen LogP) is 4.12. The van der Waals surface area contributed by atoms with Crippen molar-refractivity contribution in [3.8, 4) is 0 Å². The predicted molar refractivity (Wildman–Crippen MR) is 54.6 cm³/mol. The van der Waals surface area contributed by atoms with E-state index in [9.17, 15) is 31.1 Å². The van der Waals surface area contributed by atoms with E-state index in [-0.39, 0.29) is 19.4 Å². The zero-order valence-corrected chi connectivity index (χ0v) is 24.4. The SMILES string of the molecule is CCC(=O)O.CCCOC(F)(F)[CH-]F.F[C-]=C(F)F.[Rf].[Rf]. The Morgan fingerprint density at radius 1 is 1.29 bits per heavy atom. The summed E-state index contributed by atoms with van der Waals surface area (Å²) in [5.74, 6) is -0.745. The van der Waals surface area contributed by atoms with Gasteiger partial charge in [-0.05, 0) is 6.42 Å². The number of halogens is 6. The molecule has 1 N–H and O–H groups in total. The molecule has 0 aromatic heterocycles. The van der Waals surface area contributed by atoms with E-state index in [0.717, 1.165) is 0 Å². The topological polar surface area (TPSA) is 46.5 Å².